The second-order valence-electron chi connectivity index (χ2n) is 5.16. The number of sulfonamides is 1. The lowest BCUT2D eigenvalue weighted by molar-refractivity contribution is 0.247. The van der Waals surface area contributed by atoms with Gasteiger partial charge in [-0.15, -0.1) is 0 Å². The van der Waals surface area contributed by atoms with Crippen LogP contribution in [-0.2, 0) is 10.0 Å². The van der Waals surface area contributed by atoms with E-state index in [0.29, 0.717) is 17.9 Å². The summed E-state index contributed by atoms with van der Waals surface area (Å²) in [6.07, 6.45) is 1.43. The molecule has 1 heterocycles. The largest absolute Gasteiger partial charge is 0.328 e. The molecule has 2 unspecified atom stereocenters. The van der Waals surface area contributed by atoms with Gasteiger partial charge in [-0.05, 0) is 44.4 Å². The topological polar surface area (TPSA) is 63.4 Å². The van der Waals surface area contributed by atoms with E-state index >= 15 is 0 Å². The SMILES string of the molecule is Cc1ccc(Br)cc1S(=O)(=O)N1CCC(N)CC1C. The highest BCUT2D eigenvalue weighted by Crippen LogP contribution is 2.28. The lowest BCUT2D eigenvalue weighted by Crippen LogP contribution is -2.48. The summed E-state index contributed by atoms with van der Waals surface area (Å²) in [4.78, 5) is 0.379. The summed E-state index contributed by atoms with van der Waals surface area (Å²) in [6.45, 7) is 4.24. The first kappa shape index (κ1) is 15.0. The van der Waals surface area contributed by atoms with Crippen LogP contribution in [0.3, 0.4) is 0 Å². The first-order chi connectivity index (χ1) is 8.82. The molecule has 0 aromatic heterocycles. The fourth-order valence-corrected chi connectivity index (χ4v) is 4.94. The van der Waals surface area contributed by atoms with Gasteiger partial charge in [0.1, 0.15) is 0 Å². The van der Waals surface area contributed by atoms with Crippen molar-refractivity contribution in [2.24, 2.45) is 5.73 Å². The van der Waals surface area contributed by atoms with Gasteiger partial charge in [-0.3, -0.25) is 0 Å². The number of aryl methyl sites for hydroxylation is 1. The van der Waals surface area contributed by atoms with E-state index in [-0.39, 0.29) is 12.1 Å². The average Bonchev–Trinajstić information content (AvgIpc) is 2.31. The predicted molar refractivity (Wildman–Crippen MR) is 79.4 cm³/mol. The highest BCUT2D eigenvalue weighted by molar-refractivity contribution is 9.10. The van der Waals surface area contributed by atoms with Gasteiger partial charge < -0.3 is 5.73 Å². The van der Waals surface area contributed by atoms with Gasteiger partial charge in [0.2, 0.25) is 10.0 Å². The van der Waals surface area contributed by atoms with Crippen molar-refractivity contribution in [3.8, 4) is 0 Å². The number of rotatable bonds is 2. The quantitative estimate of drug-likeness (QED) is 0.893. The normalized spacial score (nSPS) is 25.5. The fraction of sp³-hybridized carbons (Fsp3) is 0.538. The fourth-order valence-electron chi connectivity index (χ4n) is 2.52. The van der Waals surface area contributed by atoms with Crippen molar-refractivity contribution < 1.29 is 8.42 Å². The summed E-state index contributed by atoms with van der Waals surface area (Å²) in [5, 5.41) is 0. The molecule has 0 bridgehead atoms. The van der Waals surface area contributed by atoms with E-state index in [4.69, 9.17) is 5.73 Å². The van der Waals surface area contributed by atoms with Crippen LogP contribution in [0.15, 0.2) is 27.6 Å². The molecule has 6 heteroatoms. The monoisotopic (exact) mass is 346 g/mol. The number of nitrogens with zero attached hydrogens (tertiary/aromatic N) is 1. The molecule has 0 amide bonds. The van der Waals surface area contributed by atoms with E-state index in [1.165, 1.54) is 0 Å². The van der Waals surface area contributed by atoms with Gasteiger partial charge >= 0.3 is 0 Å². The molecule has 19 heavy (non-hydrogen) atoms. The smallest absolute Gasteiger partial charge is 0.243 e. The number of nitrogens with two attached hydrogens (primary N) is 1. The molecule has 1 aromatic carbocycles. The van der Waals surface area contributed by atoms with Gasteiger partial charge in [0.05, 0.1) is 4.90 Å². The summed E-state index contributed by atoms with van der Waals surface area (Å²) in [6, 6.07) is 5.39. The Morgan fingerprint density at radius 3 is 2.74 bits per heavy atom. The van der Waals surface area contributed by atoms with Crippen LogP contribution in [0.4, 0.5) is 0 Å². The van der Waals surface area contributed by atoms with Gasteiger partial charge in [0.25, 0.3) is 0 Å². The molecule has 2 rings (SSSR count). The third-order valence-electron chi connectivity index (χ3n) is 3.59. The van der Waals surface area contributed by atoms with Crippen LogP contribution < -0.4 is 5.73 Å². The molecule has 0 aliphatic carbocycles. The Morgan fingerprint density at radius 1 is 1.42 bits per heavy atom. The van der Waals surface area contributed by atoms with Crippen molar-refractivity contribution in [3.63, 3.8) is 0 Å². The van der Waals surface area contributed by atoms with Gasteiger partial charge in [0, 0.05) is 23.1 Å². The minimum Gasteiger partial charge on any atom is -0.328 e. The summed E-state index contributed by atoms with van der Waals surface area (Å²) in [5.41, 5.74) is 6.66. The highest BCUT2D eigenvalue weighted by atomic mass is 79.9. The Balaban J connectivity index is 2.39. The second-order valence-corrected chi connectivity index (χ2v) is 7.93. The molecule has 2 atom stereocenters. The van der Waals surface area contributed by atoms with Crippen molar-refractivity contribution >= 4 is 26.0 Å². The Morgan fingerprint density at radius 2 is 2.11 bits per heavy atom. The van der Waals surface area contributed by atoms with Crippen LogP contribution >= 0.6 is 15.9 Å². The Bertz CT molecular complexity index is 574. The number of piperidine rings is 1. The average molecular weight is 347 g/mol. The molecular formula is C13H19BrN2O2S. The van der Waals surface area contributed by atoms with E-state index in [2.05, 4.69) is 15.9 Å². The molecule has 1 aliphatic heterocycles. The van der Waals surface area contributed by atoms with Gasteiger partial charge in [-0.2, -0.15) is 4.31 Å². The Labute approximate surface area is 123 Å². The molecule has 106 valence electrons. The molecule has 0 saturated carbocycles. The number of hydrogen-bond acceptors (Lipinski definition) is 3. The zero-order valence-electron chi connectivity index (χ0n) is 11.1. The van der Waals surface area contributed by atoms with E-state index < -0.39 is 10.0 Å². The third-order valence-corrected chi connectivity index (χ3v) is 6.24. The van der Waals surface area contributed by atoms with Crippen LogP contribution in [0, 0.1) is 6.92 Å². The summed E-state index contributed by atoms with van der Waals surface area (Å²) in [5.74, 6) is 0. The summed E-state index contributed by atoms with van der Waals surface area (Å²) in [7, 11) is -3.44. The third kappa shape index (κ3) is 3.02. The van der Waals surface area contributed by atoms with Gasteiger partial charge in [-0.25, -0.2) is 8.42 Å². The van der Waals surface area contributed by atoms with Crippen LogP contribution in [0.25, 0.3) is 0 Å². The molecule has 1 fully saturated rings. The van der Waals surface area contributed by atoms with Crippen LogP contribution in [0.5, 0.6) is 0 Å². The van der Waals surface area contributed by atoms with Crippen molar-refractivity contribution in [2.45, 2.75) is 43.7 Å². The van der Waals surface area contributed by atoms with E-state index in [1.54, 1.807) is 10.4 Å². The molecule has 1 saturated heterocycles. The molecule has 0 radical (unpaired) electrons. The van der Waals surface area contributed by atoms with E-state index in [0.717, 1.165) is 16.5 Å². The standard InChI is InChI=1S/C13H19BrN2O2S/c1-9-3-4-11(14)8-13(9)19(17,18)16-6-5-12(15)7-10(16)2/h3-4,8,10,12H,5-7,15H2,1-2H3. The minimum absolute atomic E-state index is 0.0490. The second kappa shape index (κ2) is 5.52. The van der Waals surface area contributed by atoms with Gasteiger partial charge in [-0.1, -0.05) is 22.0 Å². The number of halogens is 1. The molecule has 4 nitrogen and oxygen atoms in total. The van der Waals surface area contributed by atoms with Crippen molar-refractivity contribution in [2.75, 3.05) is 6.54 Å². The van der Waals surface area contributed by atoms with Crippen LogP contribution in [0.1, 0.15) is 25.3 Å². The lowest BCUT2D eigenvalue weighted by atomic mass is 10.0. The van der Waals surface area contributed by atoms with Crippen molar-refractivity contribution in [1.29, 1.82) is 0 Å². The first-order valence-electron chi connectivity index (χ1n) is 6.36. The molecular weight excluding hydrogens is 328 g/mol. The molecule has 0 spiro atoms. The first-order valence-corrected chi connectivity index (χ1v) is 8.59. The molecule has 2 N–H and O–H groups in total. The number of hydrogen-bond donors (Lipinski definition) is 1. The molecule has 1 aliphatic rings. The Kier molecular flexibility index (Phi) is 4.35. The van der Waals surface area contributed by atoms with Crippen LogP contribution in [-0.4, -0.2) is 31.4 Å². The van der Waals surface area contributed by atoms with Crippen LogP contribution in [0.2, 0.25) is 0 Å². The minimum atomic E-state index is -3.44. The van der Waals surface area contributed by atoms with Crippen molar-refractivity contribution in [3.05, 3.63) is 28.2 Å². The van der Waals surface area contributed by atoms with E-state index in [1.807, 2.05) is 26.0 Å². The highest BCUT2D eigenvalue weighted by Gasteiger charge is 2.34. The van der Waals surface area contributed by atoms with Gasteiger partial charge in [0.15, 0.2) is 0 Å². The zero-order valence-corrected chi connectivity index (χ0v) is 13.5. The molecule has 1 aromatic rings. The zero-order chi connectivity index (χ0) is 14.2. The Hall–Kier alpha value is -0.430. The lowest BCUT2D eigenvalue weighted by Gasteiger charge is -2.35. The maximum absolute atomic E-state index is 12.7. The van der Waals surface area contributed by atoms with E-state index in [9.17, 15) is 8.42 Å². The number of benzene rings is 1. The predicted octanol–water partition coefficient (Wildman–Crippen LogP) is 2.26. The maximum atomic E-state index is 12.7. The summed E-state index contributed by atoms with van der Waals surface area (Å²) < 4.78 is 27.8. The maximum Gasteiger partial charge on any atom is 0.243 e. The summed E-state index contributed by atoms with van der Waals surface area (Å²) >= 11 is 3.33. The van der Waals surface area contributed by atoms with Crippen molar-refractivity contribution in [1.82, 2.24) is 4.31 Å².